The summed E-state index contributed by atoms with van der Waals surface area (Å²) in [6, 6.07) is 6.27. The molecule has 0 aliphatic rings. The highest BCUT2D eigenvalue weighted by atomic mass is 32.2. The van der Waals surface area contributed by atoms with E-state index < -0.39 is 0 Å². The second kappa shape index (κ2) is 5.82. The number of benzene rings is 1. The lowest BCUT2D eigenvalue weighted by Crippen LogP contribution is -2.29. The summed E-state index contributed by atoms with van der Waals surface area (Å²) in [5, 5.41) is 12.0. The van der Waals surface area contributed by atoms with E-state index in [1.165, 1.54) is 0 Å². The van der Waals surface area contributed by atoms with Gasteiger partial charge in [0.05, 0.1) is 5.56 Å². The van der Waals surface area contributed by atoms with Crippen molar-refractivity contribution in [3.05, 3.63) is 23.8 Å². The van der Waals surface area contributed by atoms with E-state index in [4.69, 9.17) is 10.9 Å². The number of oxime groups is 1. The molecule has 94 valence electrons. The molecule has 0 saturated carbocycles. The van der Waals surface area contributed by atoms with E-state index in [9.17, 15) is 0 Å². The molecule has 0 atom stereocenters. The van der Waals surface area contributed by atoms with Crippen LogP contribution in [-0.2, 0) is 0 Å². The zero-order valence-corrected chi connectivity index (χ0v) is 11.5. The highest BCUT2D eigenvalue weighted by Gasteiger charge is 2.16. The van der Waals surface area contributed by atoms with Gasteiger partial charge >= 0.3 is 0 Å². The Hall–Kier alpha value is -1.36. The Morgan fingerprint density at radius 3 is 2.59 bits per heavy atom. The van der Waals surface area contributed by atoms with Gasteiger partial charge in [-0.2, -0.15) is 0 Å². The van der Waals surface area contributed by atoms with E-state index in [0.717, 1.165) is 16.1 Å². The molecule has 0 fully saturated rings. The molecule has 0 aromatic heterocycles. The molecule has 1 aromatic carbocycles. The molecule has 0 heterocycles. The zero-order chi connectivity index (χ0) is 13.0. The number of rotatable bonds is 4. The molecule has 1 rings (SSSR count). The second-order valence-electron chi connectivity index (χ2n) is 4.04. The minimum absolute atomic E-state index is 0.150. The van der Waals surface area contributed by atoms with E-state index in [1.807, 2.05) is 31.5 Å². The minimum Gasteiger partial charge on any atom is -0.409 e. The van der Waals surface area contributed by atoms with Crippen molar-refractivity contribution in [1.82, 2.24) is 0 Å². The van der Waals surface area contributed by atoms with Crippen molar-refractivity contribution < 1.29 is 5.21 Å². The standard InChI is InChI=1S/C12H19N3OS/c1-8(2)15(3)9-6-5-7-10(17-4)11(9)12(13)14-16/h5-8,16H,1-4H3,(H2,13,14). The van der Waals surface area contributed by atoms with E-state index >= 15 is 0 Å². The van der Waals surface area contributed by atoms with Crippen LogP contribution in [0.3, 0.4) is 0 Å². The number of nitrogens with zero attached hydrogens (tertiary/aromatic N) is 2. The Bertz CT molecular complexity index is 418. The third-order valence-corrected chi connectivity index (χ3v) is 3.52. The summed E-state index contributed by atoms with van der Waals surface area (Å²) in [6.07, 6.45) is 1.97. The number of hydrogen-bond donors (Lipinski definition) is 2. The maximum absolute atomic E-state index is 8.89. The molecule has 0 amide bonds. The van der Waals surface area contributed by atoms with Crippen LogP contribution in [-0.4, -0.2) is 30.4 Å². The first-order chi connectivity index (χ1) is 8.02. The second-order valence-corrected chi connectivity index (χ2v) is 4.89. The van der Waals surface area contributed by atoms with Gasteiger partial charge in [0.15, 0.2) is 5.84 Å². The van der Waals surface area contributed by atoms with Crippen molar-refractivity contribution in [3.63, 3.8) is 0 Å². The molecule has 0 saturated heterocycles. The number of amidine groups is 1. The summed E-state index contributed by atoms with van der Waals surface area (Å²) < 4.78 is 0. The Labute approximate surface area is 106 Å². The fourth-order valence-corrected chi connectivity index (χ4v) is 2.20. The highest BCUT2D eigenvalue weighted by Crippen LogP contribution is 2.29. The molecule has 0 radical (unpaired) electrons. The number of nitrogens with two attached hydrogens (primary N) is 1. The van der Waals surface area contributed by atoms with E-state index in [1.54, 1.807) is 11.8 Å². The van der Waals surface area contributed by atoms with Crippen LogP contribution in [0.1, 0.15) is 19.4 Å². The first-order valence-electron chi connectivity index (χ1n) is 5.40. The minimum atomic E-state index is 0.150. The van der Waals surface area contributed by atoms with Crippen LogP contribution in [0, 0.1) is 0 Å². The molecule has 0 spiro atoms. The largest absolute Gasteiger partial charge is 0.409 e. The lowest BCUT2D eigenvalue weighted by molar-refractivity contribution is 0.318. The van der Waals surface area contributed by atoms with Crippen molar-refractivity contribution in [2.24, 2.45) is 10.9 Å². The van der Waals surface area contributed by atoms with Gasteiger partial charge in [-0.15, -0.1) is 11.8 Å². The molecule has 4 nitrogen and oxygen atoms in total. The lowest BCUT2D eigenvalue weighted by Gasteiger charge is -2.27. The average Bonchev–Trinajstić information content (AvgIpc) is 2.35. The summed E-state index contributed by atoms with van der Waals surface area (Å²) in [5.74, 6) is 0.150. The monoisotopic (exact) mass is 253 g/mol. The van der Waals surface area contributed by atoms with Gasteiger partial charge in [-0.3, -0.25) is 0 Å². The molecule has 3 N–H and O–H groups in total. The quantitative estimate of drug-likeness (QED) is 0.284. The molecular formula is C12H19N3OS. The van der Waals surface area contributed by atoms with Crippen LogP contribution < -0.4 is 10.6 Å². The van der Waals surface area contributed by atoms with Crippen molar-refractivity contribution in [3.8, 4) is 0 Å². The number of anilines is 1. The van der Waals surface area contributed by atoms with Gasteiger partial charge in [-0.25, -0.2) is 0 Å². The maximum Gasteiger partial charge on any atom is 0.173 e. The van der Waals surface area contributed by atoms with Crippen LogP contribution in [0.25, 0.3) is 0 Å². The van der Waals surface area contributed by atoms with Crippen molar-refractivity contribution in [1.29, 1.82) is 0 Å². The highest BCUT2D eigenvalue weighted by molar-refractivity contribution is 7.98. The van der Waals surface area contributed by atoms with Crippen LogP contribution in [0.4, 0.5) is 5.69 Å². The van der Waals surface area contributed by atoms with Gasteiger partial charge < -0.3 is 15.8 Å². The SMILES string of the molecule is CSc1cccc(N(C)C(C)C)c1/C(N)=N/O. The number of thioether (sulfide) groups is 1. The predicted octanol–water partition coefficient (Wildman–Crippen LogP) is 2.35. The summed E-state index contributed by atoms with van der Waals surface area (Å²) in [7, 11) is 2.00. The third-order valence-electron chi connectivity index (χ3n) is 2.74. The van der Waals surface area contributed by atoms with Crippen LogP contribution in [0.15, 0.2) is 28.3 Å². The van der Waals surface area contributed by atoms with Gasteiger partial charge in [0.2, 0.25) is 0 Å². The smallest absolute Gasteiger partial charge is 0.173 e. The maximum atomic E-state index is 8.89. The van der Waals surface area contributed by atoms with Crippen molar-refractivity contribution in [2.45, 2.75) is 24.8 Å². The summed E-state index contributed by atoms with van der Waals surface area (Å²) in [4.78, 5) is 3.11. The van der Waals surface area contributed by atoms with Gasteiger partial charge in [0.25, 0.3) is 0 Å². The van der Waals surface area contributed by atoms with E-state index in [0.29, 0.717) is 6.04 Å². The van der Waals surface area contributed by atoms with Gasteiger partial charge in [-0.1, -0.05) is 11.2 Å². The Balaban J connectivity index is 3.39. The summed E-state index contributed by atoms with van der Waals surface area (Å²) in [6.45, 7) is 4.20. The lowest BCUT2D eigenvalue weighted by atomic mass is 10.1. The fraction of sp³-hybridized carbons (Fsp3) is 0.417. The molecule has 0 bridgehead atoms. The van der Waals surface area contributed by atoms with Crippen molar-refractivity contribution in [2.75, 3.05) is 18.2 Å². The number of hydrogen-bond acceptors (Lipinski definition) is 4. The van der Waals surface area contributed by atoms with Gasteiger partial charge in [0, 0.05) is 23.7 Å². The summed E-state index contributed by atoms with van der Waals surface area (Å²) >= 11 is 1.58. The van der Waals surface area contributed by atoms with Crippen molar-refractivity contribution >= 4 is 23.3 Å². The van der Waals surface area contributed by atoms with Gasteiger partial charge in [-0.05, 0) is 32.2 Å². The van der Waals surface area contributed by atoms with Crippen LogP contribution in [0.2, 0.25) is 0 Å². The normalized spacial score (nSPS) is 11.9. The molecule has 0 aliphatic carbocycles. The third kappa shape index (κ3) is 2.85. The predicted molar refractivity (Wildman–Crippen MR) is 74.3 cm³/mol. The van der Waals surface area contributed by atoms with Gasteiger partial charge in [0.1, 0.15) is 0 Å². The fourth-order valence-electron chi connectivity index (χ4n) is 1.57. The first-order valence-corrected chi connectivity index (χ1v) is 6.63. The Kier molecular flexibility index (Phi) is 4.69. The van der Waals surface area contributed by atoms with Crippen LogP contribution >= 0.6 is 11.8 Å². The Morgan fingerprint density at radius 1 is 1.47 bits per heavy atom. The Morgan fingerprint density at radius 2 is 2.12 bits per heavy atom. The molecule has 0 aliphatic heterocycles. The molecule has 0 unspecified atom stereocenters. The molecule has 5 heteroatoms. The first kappa shape index (κ1) is 13.7. The average molecular weight is 253 g/mol. The summed E-state index contributed by atoms with van der Waals surface area (Å²) in [5.41, 5.74) is 7.53. The van der Waals surface area contributed by atoms with E-state index in [2.05, 4.69) is 23.9 Å². The van der Waals surface area contributed by atoms with Crippen LogP contribution in [0.5, 0.6) is 0 Å². The molecular weight excluding hydrogens is 234 g/mol. The molecule has 1 aromatic rings. The zero-order valence-electron chi connectivity index (χ0n) is 10.6. The topological polar surface area (TPSA) is 61.8 Å². The van der Waals surface area contributed by atoms with E-state index in [-0.39, 0.29) is 5.84 Å². The molecule has 17 heavy (non-hydrogen) atoms.